The second-order valence-corrected chi connectivity index (χ2v) is 8.36. The number of allylic oxidation sites excluding steroid dienone is 1. The third kappa shape index (κ3) is 4.95. The molecule has 0 heterocycles. The van der Waals surface area contributed by atoms with Crippen molar-refractivity contribution in [3.8, 4) is 17.6 Å². The van der Waals surface area contributed by atoms with Crippen molar-refractivity contribution < 1.29 is 19.4 Å². The molecule has 6 heteroatoms. The first-order valence-electron chi connectivity index (χ1n) is 10.4. The van der Waals surface area contributed by atoms with Crippen LogP contribution in [0.1, 0.15) is 27.0 Å². The van der Waals surface area contributed by atoms with Gasteiger partial charge in [0.25, 0.3) is 0 Å². The predicted molar refractivity (Wildman–Crippen MR) is 136 cm³/mol. The number of methoxy groups -OCH3 is 1. The first-order chi connectivity index (χ1) is 16.5. The fourth-order valence-electron chi connectivity index (χ4n) is 3.64. The van der Waals surface area contributed by atoms with Crippen molar-refractivity contribution in [3.05, 3.63) is 106 Å². The molecule has 0 saturated carbocycles. The number of nitrogens with zero attached hydrogens (tertiary/aromatic N) is 1. The molecular weight excluding hydrogens is 494 g/mol. The van der Waals surface area contributed by atoms with Crippen LogP contribution >= 0.6 is 15.9 Å². The Morgan fingerprint density at radius 2 is 1.71 bits per heavy atom. The third-order valence-electron chi connectivity index (χ3n) is 5.41. The molecular formula is C28H20BrNO4. The lowest BCUT2D eigenvalue weighted by Gasteiger charge is -2.14. The van der Waals surface area contributed by atoms with Crippen molar-refractivity contribution in [3.63, 3.8) is 0 Å². The van der Waals surface area contributed by atoms with E-state index in [0.717, 1.165) is 26.4 Å². The molecule has 168 valence electrons. The number of hydrogen-bond donors (Lipinski definition) is 1. The Balaban J connectivity index is 1.62. The second-order valence-electron chi connectivity index (χ2n) is 7.50. The van der Waals surface area contributed by atoms with Gasteiger partial charge in [-0.2, -0.15) is 5.26 Å². The van der Waals surface area contributed by atoms with E-state index in [1.807, 2.05) is 30.3 Å². The Bertz CT molecular complexity index is 1430. The summed E-state index contributed by atoms with van der Waals surface area (Å²) in [6, 6.07) is 26.2. The molecule has 0 bridgehead atoms. The minimum absolute atomic E-state index is 0.164. The van der Waals surface area contributed by atoms with E-state index in [0.29, 0.717) is 29.2 Å². The molecule has 1 N–H and O–H groups in total. The van der Waals surface area contributed by atoms with Gasteiger partial charge in [-0.3, -0.25) is 0 Å². The fraction of sp³-hybridized carbons (Fsp3) is 0.0714. The quantitative estimate of drug-likeness (QED) is 0.213. The van der Waals surface area contributed by atoms with Crippen LogP contribution in [0.3, 0.4) is 0 Å². The Kier molecular flexibility index (Phi) is 6.95. The lowest BCUT2D eigenvalue weighted by molar-refractivity contribution is 0.0697. The van der Waals surface area contributed by atoms with E-state index in [9.17, 15) is 10.1 Å². The largest absolute Gasteiger partial charge is 0.493 e. The van der Waals surface area contributed by atoms with Crippen molar-refractivity contribution in [1.82, 2.24) is 0 Å². The molecule has 0 aliphatic rings. The molecule has 4 aromatic carbocycles. The molecule has 4 aromatic rings. The standard InChI is InChI=1S/C28H20BrNO4/c1-33-26-14-22(13-23(16-30)18-9-11-20(12-10-18)28(31)32)25(29)15-27(26)34-17-21-7-4-6-19-5-2-3-8-24(19)21/h2-15H,17H2,1H3,(H,31,32)/b23-13-. The molecule has 0 fully saturated rings. The fourth-order valence-corrected chi connectivity index (χ4v) is 4.07. The number of carbonyl (C=O) groups is 1. The normalized spacial score (nSPS) is 11.1. The summed E-state index contributed by atoms with van der Waals surface area (Å²) in [6.07, 6.45) is 1.72. The summed E-state index contributed by atoms with van der Waals surface area (Å²) < 4.78 is 12.4. The highest BCUT2D eigenvalue weighted by Crippen LogP contribution is 2.36. The minimum Gasteiger partial charge on any atom is -0.493 e. The highest BCUT2D eigenvalue weighted by molar-refractivity contribution is 9.10. The maximum atomic E-state index is 11.1. The lowest BCUT2D eigenvalue weighted by Crippen LogP contribution is -1.99. The van der Waals surface area contributed by atoms with Crippen molar-refractivity contribution in [2.45, 2.75) is 6.61 Å². The Morgan fingerprint density at radius 1 is 1.00 bits per heavy atom. The number of hydrogen-bond acceptors (Lipinski definition) is 4. The maximum absolute atomic E-state index is 11.1. The van der Waals surface area contributed by atoms with E-state index in [1.165, 1.54) is 12.1 Å². The average molecular weight is 514 g/mol. The van der Waals surface area contributed by atoms with Gasteiger partial charge in [0.15, 0.2) is 11.5 Å². The summed E-state index contributed by atoms with van der Waals surface area (Å²) in [5.74, 6) is 0.0950. The van der Waals surface area contributed by atoms with Crippen LogP contribution in [0.25, 0.3) is 22.4 Å². The summed E-state index contributed by atoms with van der Waals surface area (Å²) in [5.41, 5.74) is 2.97. The van der Waals surface area contributed by atoms with E-state index in [-0.39, 0.29) is 5.56 Å². The average Bonchev–Trinajstić information content (AvgIpc) is 2.86. The van der Waals surface area contributed by atoms with Crippen molar-refractivity contribution in [1.29, 1.82) is 5.26 Å². The van der Waals surface area contributed by atoms with Gasteiger partial charge in [0.05, 0.1) is 24.3 Å². The Morgan fingerprint density at radius 3 is 2.41 bits per heavy atom. The van der Waals surface area contributed by atoms with Gasteiger partial charge in [-0.25, -0.2) is 4.79 Å². The molecule has 0 unspecified atom stereocenters. The number of carboxylic acid groups (broad SMARTS) is 1. The zero-order chi connectivity index (χ0) is 24.1. The second kappa shape index (κ2) is 10.2. The summed E-state index contributed by atoms with van der Waals surface area (Å²) in [5, 5.41) is 21.1. The van der Waals surface area contributed by atoms with Gasteiger partial charge >= 0.3 is 5.97 Å². The van der Waals surface area contributed by atoms with Crippen LogP contribution in [-0.4, -0.2) is 18.2 Å². The topological polar surface area (TPSA) is 79.5 Å². The minimum atomic E-state index is -1.01. The van der Waals surface area contributed by atoms with E-state index < -0.39 is 5.97 Å². The monoisotopic (exact) mass is 513 g/mol. The Hall–Kier alpha value is -4.08. The third-order valence-corrected chi connectivity index (χ3v) is 6.10. The van der Waals surface area contributed by atoms with Crippen LogP contribution < -0.4 is 9.47 Å². The Labute approximate surface area is 205 Å². The molecule has 0 aromatic heterocycles. The zero-order valence-corrected chi connectivity index (χ0v) is 19.9. The van der Waals surface area contributed by atoms with E-state index in [1.54, 1.807) is 31.4 Å². The summed E-state index contributed by atoms with van der Waals surface area (Å²) in [4.78, 5) is 11.1. The van der Waals surface area contributed by atoms with Crippen LogP contribution in [0.5, 0.6) is 11.5 Å². The highest BCUT2D eigenvalue weighted by atomic mass is 79.9. The van der Waals surface area contributed by atoms with Gasteiger partial charge in [-0.15, -0.1) is 0 Å². The van der Waals surface area contributed by atoms with Crippen molar-refractivity contribution in [2.75, 3.05) is 7.11 Å². The summed E-state index contributed by atoms with van der Waals surface area (Å²) >= 11 is 3.57. The summed E-state index contributed by atoms with van der Waals surface area (Å²) in [6.45, 7) is 0.374. The molecule has 0 aliphatic heterocycles. The molecule has 0 aliphatic carbocycles. The molecule has 0 atom stereocenters. The van der Waals surface area contributed by atoms with Gasteiger partial charge < -0.3 is 14.6 Å². The molecule has 0 saturated heterocycles. The van der Waals surface area contributed by atoms with Gasteiger partial charge in [-0.05, 0) is 57.8 Å². The molecule has 4 rings (SSSR count). The highest BCUT2D eigenvalue weighted by Gasteiger charge is 2.12. The maximum Gasteiger partial charge on any atom is 0.335 e. The first-order valence-corrected chi connectivity index (χ1v) is 11.2. The first kappa shape index (κ1) is 23.1. The smallest absolute Gasteiger partial charge is 0.335 e. The number of nitriles is 1. The number of rotatable bonds is 7. The molecule has 5 nitrogen and oxygen atoms in total. The SMILES string of the molecule is COc1cc(/C=C(/C#N)c2ccc(C(=O)O)cc2)c(Br)cc1OCc1cccc2ccccc12. The number of carboxylic acids is 1. The van der Waals surface area contributed by atoms with Gasteiger partial charge in [0.1, 0.15) is 6.61 Å². The van der Waals surface area contributed by atoms with Crippen LogP contribution in [0, 0.1) is 11.3 Å². The number of benzene rings is 4. The van der Waals surface area contributed by atoms with Gasteiger partial charge in [0.2, 0.25) is 0 Å². The van der Waals surface area contributed by atoms with E-state index in [2.05, 4.69) is 40.2 Å². The van der Waals surface area contributed by atoms with Crippen LogP contribution in [0.15, 0.2) is 83.3 Å². The lowest BCUT2D eigenvalue weighted by atomic mass is 10.0. The van der Waals surface area contributed by atoms with Gasteiger partial charge in [-0.1, -0.05) is 70.5 Å². The molecule has 0 radical (unpaired) electrons. The van der Waals surface area contributed by atoms with E-state index >= 15 is 0 Å². The number of aromatic carboxylic acids is 1. The zero-order valence-electron chi connectivity index (χ0n) is 18.3. The van der Waals surface area contributed by atoms with Crippen LogP contribution in [0.4, 0.5) is 0 Å². The van der Waals surface area contributed by atoms with Crippen molar-refractivity contribution in [2.24, 2.45) is 0 Å². The number of halogens is 1. The molecule has 34 heavy (non-hydrogen) atoms. The van der Waals surface area contributed by atoms with E-state index in [4.69, 9.17) is 14.6 Å². The number of ether oxygens (including phenoxy) is 2. The summed E-state index contributed by atoms with van der Waals surface area (Å²) in [7, 11) is 1.57. The predicted octanol–water partition coefficient (Wildman–Crippen LogP) is 6.95. The van der Waals surface area contributed by atoms with Crippen molar-refractivity contribution >= 4 is 44.3 Å². The molecule has 0 amide bonds. The molecule has 0 spiro atoms. The van der Waals surface area contributed by atoms with Crippen LogP contribution in [0.2, 0.25) is 0 Å². The number of fused-ring (bicyclic) bond motifs is 1. The van der Waals surface area contributed by atoms with Crippen LogP contribution in [-0.2, 0) is 6.61 Å². The van der Waals surface area contributed by atoms with Gasteiger partial charge in [0, 0.05) is 4.47 Å².